The Hall–Kier alpha value is -3.07. The third-order valence-electron chi connectivity index (χ3n) is 5.21. The molecule has 9 nitrogen and oxygen atoms in total. The van der Waals surface area contributed by atoms with Crippen LogP contribution in [0.15, 0.2) is 36.5 Å². The molecule has 30 heavy (non-hydrogen) atoms. The van der Waals surface area contributed by atoms with Crippen LogP contribution >= 0.6 is 0 Å². The average molecular weight is 413 g/mol. The first-order valence-corrected chi connectivity index (χ1v) is 9.85. The van der Waals surface area contributed by atoms with Crippen LogP contribution in [0.2, 0.25) is 0 Å². The van der Waals surface area contributed by atoms with Gasteiger partial charge in [-0.1, -0.05) is 56.3 Å². The average Bonchev–Trinajstić information content (AvgIpc) is 3.33. The molecule has 3 rings (SSSR count). The van der Waals surface area contributed by atoms with Crippen molar-refractivity contribution in [2.75, 3.05) is 13.6 Å². The summed E-state index contributed by atoms with van der Waals surface area (Å²) in [7, 11) is 1.50. The summed E-state index contributed by atoms with van der Waals surface area (Å²) >= 11 is 0. The molecule has 2 N–H and O–H groups in total. The Labute approximate surface area is 175 Å². The molecular formula is C21H27N5O4. The Morgan fingerprint density at radius 1 is 1.20 bits per heavy atom. The zero-order chi connectivity index (χ0) is 22.1. The van der Waals surface area contributed by atoms with Crippen LogP contribution in [0.25, 0.3) is 0 Å². The van der Waals surface area contributed by atoms with Crippen molar-refractivity contribution in [3.63, 3.8) is 0 Å². The van der Waals surface area contributed by atoms with E-state index in [0.717, 1.165) is 0 Å². The standard InChI is InChI=1S/C21H27N5O4/c1-21(2,3)18(20(30)25-11-14(27)10-16(25)19(29)22-4)26-12-15(23-24-26)17(28)13-8-6-5-7-9-13/h5-9,12,14,16,18,27H,10-11H2,1-4H3,(H,22,29)/t14?,16-,18?/m1/s1. The highest BCUT2D eigenvalue weighted by Gasteiger charge is 2.45. The summed E-state index contributed by atoms with van der Waals surface area (Å²) in [5.74, 6) is -0.968. The lowest BCUT2D eigenvalue weighted by atomic mass is 9.85. The van der Waals surface area contributed by atoms with E-state index in [-0.39, 0.29) is 36.3 Å². The van der Waals surface area contributed by atoms with Crippen molar-refractivity contribution in [3.05, 3.63) is 47.8 Å². The molecule has 1 saturated heterocycles. The number of β-amino-alcohol motifs (C(OH)–C–C–N with tert-alkyl or cyclic N) is 1. The number of aliphatic hydroxyl groups is 1. The largest absolute Gasteiger partial charge is 0.391 e. The molecule has 160 valence electrons. The zero-order valence-corrected chi connectivity index (χ0v) is 17.6. The maximum atomic E-state index is 13.5. The third-order valence-corrected chi connectivity index (χ3v) is 5.21. The van der Waals surface area contributed by atoms with Gasteiger partial charge in [0, 0.05) is 25.6 Å². The fraction of sp³-hybridized carbons (Fsp3) is 0.476. The van der Waals surface area contributed by atoms with Crippen molar-refractivity contribution < 1.29 is 19.5 Å². The number of carbonyl (C=O) groups excluding carboxylic acids is 3. The van der Waals surface area contributed by atoms with Gasteiger partial charge in [-0.3, -0.25) is 14.4 Å². The second kappa shape index (κ2) is 8.35. The molecule has 0 aliphatic carbocycles. The Morgan fingerprint density at radius 2 is 1.87 bits per heavy atom. The van der Waals surface area contributed by atoms with Crippen molar-refractivity contribution in [3.8, 4) is 0 Å². The number of aliphatic hydroxyl groups excluding tert-OH is 1. The van der Waals surface area contributed by atoms with Gasteiger partial charge in [0.25, 0.3) is 0 Å². The SMILES string of the molecule is CNC(=O)[C@H]1CC(O)CN1C(=O)C(n1cc(C(=O)c2ccccc2)nn1)C(C)(C)C. The van der Waals surface area contributed by atoms with E-state index in [4.69, 9.17) is 0 Å². The highest BCUT2D eigenvalue weighted by atomic mass is 16.3. The normalized spacial score (nSPS) is 20.1. The first kappa shape index (κ1) is 21.6. The number of hydrogen-bond acceptors (Lipinski definition) is 6. The molecule has 1 aliphatic rings. The Kier molecular flexibility index (Phi) is 6.02. The van der Waals surface area contributed by atoms with Crippen LogP contribution in [-0.2, 0) is 9.59 Å². The van der Waals surface area contributed by atoms with E-state index in [2.05, 4.69) is 15.6 Å². The van der Waals surface area contributed by atoms with Crippen molar-refractivity contribution in [1.82, 2.24) is 25.2 Å². The van der Waals surface area contributed by atoms with Crippen molar-refractivity contribution >= 4 is 17.6 Å². The number of nitrogens with one attached hydrogen (secondary N) is 1. The predicted octanol–water partition coefficient (Wildman–Crippen LogP) is 0.804. The minimum absolute atomic E-state index is 0.0635. The van der Waals surface area contributed by atoms with Crippen LogP contribution in [0.3, 0.4) is 0 Å². The number of rotatable bonds is 5. The number of amides is 2. The number of carbonyl (C=O) groups is 3. The minimum Gasteiger partial charge on any atom is -0.391 e. The van der Waals surface area contributed by atoms with E-state index in [1.54, 1.807) is 24.3 Å². The Balaban J connectivity index is 1.92. The molecule has 2 aromatic rings. The van der Waals surface area contributed by atoms with Gasteiger partial charge in [-0.15, -0.1) is 5.10 Å². The molecule has 0 spiro atoms. The molecule has 0 radical (unpaired) electrons. The number of aromatic nitrogens is 3. The topological polar surface area (TPSA) is 117 Å². The first-order valence-electron chi connectivity index (χ1n) is 9.85. The highest BCUT2D eigenvalue weighted by Crippen LogP contribution is 2.34. The summed E-state index contributed by atoms with van der Waals surface area (Å²) in [4.78, 5) is 39.8. The lowest BCUT2D eigenvalue weighted by molar-refractivity contribution is -0.144. The van der Waals surface area contributed by atoms with Gasteiger partial charge in [0.05, 0.1) is 12.3 Å². The zero-order valence-electron chi connectivity index (χ0n) is 17.6. The van der Waals surface area contributed by atoms with Gasteiger partial charge in [-0.25, -0.2) is 4.68 Å². The van der Waals surface area contributed by atoms with Crippen molar-refractivity contribution in [2.45, 2.75) is 45.4 Å². The first-order chi connectivity index (χ1) is 14.1. The fourth-order valence-electron chi connectivity index (χ4n) is 3.75. The Bertz CT molecular complexity index is 934. The molecule has 0 saturated carbocycles. The molecule has 2 amide bonds. The van der Waals surface area contributed by atoms with Crippen LogP contribution in [0, 0.1) is 5.41 Å². The van der Waals surface area contributed by atoms with E-state index >= 15 is 0 Å². The van der Waals surface area contributed by atoms with Gasteiger partial charge in [0.1, 0.15) is 12.1 Å². The number of likely N-dealkylation sites (N-methyl/N-ethyl adjacent to an activating group) is 1. The number of hydrogen-bond donors (Lipinski definition) is 2. The molecule has 1 fully saturated rings. The van der Waals surface area contributed by atoms with E-state index in [9.17, 15) is 19.5 Å². The molecule has 1 aliphatic heterocycles. The number of benzene rings is 1. The monoisotopic (exact) mass is 413 g/mol. The van der Waals surface area contributed by atoms with E-state index < -0.39 is 23.6 Å². The van der Waals surface area contributed by atoms with Crippen molar-refractivity contribution in [1.29, 1.82) is 0 Å². The maximum Gasteiger partial charge on any atom is 0.248 e. The van der Waals surface area contributed by atoms with Gasteiger partial charge >= 0.3 is 0 Å². The summed E-state index contributed by atoms with van der Waals surface area (Å²) in [6.45, 7) is 5.68. The predicted molar refractivity (Wildman–Crippen MR) is 109 cm³/mol. The molecule has 1 aromatic heterocycles. The smallest absolute Gasteiger partial charge is 0.248 e. The lowest BCUT2D eigenvalue weighted by Gasteiger charge is -2.34. The lowest BCUT2D eigenvalue weighted by Crippen LogP contribution is -2.49. The van der Waals surface area contributed by atoms with Crippen LogP contribution < -0.4 is 5.32 Å². The third kappa shape index (κ3) is 4.25. The van der Waals surface area contributed by atoms with Crippen LogP contribution in [-0.4, -0.2) is 68.3 Å². The van der Waals surface area contributed by atoms with Crippen LogP contribution in [0.4, 0.5) is 0 Å². The molecule has 2 heterocycles. The number of likely N-dealkylation sites (tertiary alicyclic amines) is 1. The quantitative estimate of drug-likeness (QED) is 0.701. The second-order valence-corrected chi connectivity index (χ2v) is 8.56. The summed E-state index contributed by atoms with van der Waals surface area (Å²) in [6, 6.07) is 7.15. The van der Waals surface area contributed by atoms with Gasteiger partial charge in [-0.2, -0.15) is 0 Å². The van der Waals surface area contributed by atoms with E-state index in [0.29, 0.717) is 5.56 Å². The molecule has 0 bridgehead atoms. The van der Waals surface area contributed by atoms with Gasteiger partial charge < -0.3 is 15.3 Å². The summed E-state index contributed by atoms with van der Waals surface area (Å²) in [5.41, 5.74) is 0.0247. The number of nitrogens with zero attached hydrogens (tertiary/aromatic N) is 4. The second-order valence-electron chi connectivity index (χ2n) is 8.56. The summed E-state index contributed by atoms with van der Waals surface area (Å²) < 4.78 is 1.38. The maximum absolute atomic E-state index is 13.5. The molecule has 9 heteroatoms. The van der Waals surface area contributed by atoms with Crippen molar-refractivity contribution in [2.24, 2.45) is 5.41 Å². The minimum atomic E-state index is -0.806. The summed E-state index contributed by atoms with van der Waals surface area (Å²) in [6.07, 6.45) is 0.866. The van der Waals surface area contributed by atoms with E-state index in [1.165, 1.54) is 22.8 Å². The van der Waals surface area contributed by atoms with Crippen LogP contribution in [0.1, 0.15) is 49.3 Å². The molecule has 3 atom stereocenters. The van der Waals surface area contributed by atoms with Gasteiger partial charge in [0.2, 0.25) is 17.6 Å². The number of ketones is 1. The van der Waals surface area contributed by atoms with Gasteiger partial charge in [-0.05, 0) is 5.41 Å². The van der Waals surface area contributed by atoms with E-state index in [1.807, 2.05) is 26.8 Å². The summed E-state index contributed by atoms with van der Waals surface area (Å²) in [5, 5.41) is 20.7. The van der Waals surface area contributed by atoms with Gasteiger partial charge in [0.15, 0.2) is 5.69 Å². The van der Waals surface area contributed by atoms with Crippen LogP contribution in [0.5, 0.6) is 0 Å². The Morgan fingerprint density at radius 3 is 2.47 bits per heavy atom. The fourth-order valence-corrected chi connectivity index (χ4v) is 3.75. The molecular weight excluding hydrogens is 386 g/mol. The highest BCUT2D eigenvalue weighted by molar-refractivity contribution is 6.07. The molecule has 2 unspecified atom stereocenters. The molecule has 1 aromatic carbocycles.